The number of amides is 4. The molecule has 4 amide bonds. The Morgan fingerprint density at radius 3 is 2.16 bits per heavy atom. The van der Waals surface area contributed by atoms with E-state index in [2.05, 4.69) is 10.6 Å². The Labute approximate surface area is 184 Å². The number of nitrogens with zero attached hydrogens (tertiary/aromatic N) is 2. The summed E-state index contributed by atoms with van der Waals surface area (Å²) < 4.78 is 27.3. The van der Waals surface area contributed by atoms with Crippen LogP contribution in [0.25, 0.3) is 0 Å². The molecule has 32 heavy (non-hydrogen) atoms. The molecule has 1 aliphatic heterocycles. The average molecular weight is 445 g/mol. The van der Waals surface area contributed by atoms with Crippen LogP contribution in [0.2, 0.25) is 0 Å². The quantitative estimate of drug-likeness (QED) is 0.654. The highest BCUT2D eigenvalue weighted by molar-refractivity contribution is 6.00. The second-order valence-electron chi connectivity index (χ2n) is 7.61. The van der Waals surface area contributed by atoms with E-state index in [1.165, 1.54) is 4.90 Å². The van der Waals surface area contributed by atoms with E-state index in [1.807, 2.05) is 19.9 Å². The maximum Gasteiger partial charge on any atom is 0.323 e. The summed E-state index contributed by atoms with van der Waals surface area (Å²) in [4.78, 5) is 41.1. The van der Waals surface area contributed by atoms with E-state index in [9.17, 15) is 23.2 Å². The molecule has 1 aliphatic rings. The first-order valence-electron chi connectivity index (χ1n) is 10.1. The summed E-state index contributed by atoms with van der Waals surface area (Å²) in [5.74, 6) is -3.21. The molecule has 2 aromatic rings. The fourth-order valence-electron chi connectivity index (χ4n) is 3.71. The molecule has 0 radical (unpaired) electrons. The Kier molecular flexibility index (Phi) is 7.04. The van der Waals surface area contributed by atoms with Crippen LogP contribution in [0.3, 0.4) is 0 Å². The summed E-state index contributed by atoms with van der Waals surface area (Å²) in [5.41, 5.74) is 7.64. The largest absolute Gasteiger partial charge is 0.351 e. The van der Waals surface area contributed by atoms with Gasteiger partial charge in [-0.3, -0.25) is 14.5 Å². The molecule has 3 rings (SSSR count). The van der Waals surface area contributed by atoms with E-state index < -0.39 is 35.6 Å². The van der Waals surface area contributed by atoms with Gasteiger partial charge in [0, 0.05) is 43.5 Å². The fourth-order valence-corrected chi connectivity index (χ4v) is 3.71. The van der Waals surface area contributed by atoms with Crippen LogP contribution in [-0.2, 0) is 4.79 Å². The first-order valence-corrected chi connectivity index (χ1v) is 10.1. The predicted molar refractivity (Wildman–Crippen MR) is 115 cm³/mol. The SMILES string of the molecule is Cc1cc(C)cc(NC(=O)N2CCN(C(=O)c3cc(F)cc(F)c3)C2C(=O)NCCN)c1. The number of urea groups is 1. The van der Waals surface area contributed by atoms with Crippen molar-refractivity contribution in [3.63, 3.8) is 0 Å². The molecule has 170 valence electrons. The van der Waals surface area contributed by atoms with E-state index in [4.69, 9.17) is 5.73 Å². The van der Waals surface area contributed by atoms with Crippen LogP contribution in [-0.4, -0.2) is 60.0 Å². The maximum absolute atomic E-state index is 13.6. The molecule has 8 nitrogen and oxygen atoms in total. The van der Waals surface area contributed by atoms with Gasteiger partial charge in [-0.15, -0.1) is 0 Å². The molecule has 1 saturated heterocycles. The minimum atomic E-state index is -1.30. The lowest BCUT2D eigenvalue weighted by Crippen LogP contribution is -2.55. The number of nitrogens with one attached hydrogen (secondary N) is 2. The number of hydrogen-bond donors (Lipinski definition) is 3. The van der Waals surface area contributed by atoms with Gasteiger partial charge >= 0.3 is 6.03 Å². The summed E-state index contributed by atoms with van der Waals surface area (Å²) in [5, 5.41) is 5.32. The Balaban J connectivity index is 1.87. The summed E-state index contributed by atoms with van der Waals surface area (Å²) >= 11 is 0. The number of rotatable bonds is 5. The van der Waals surface area contributed by atoms with Crippen molar-refractivity contribution in [2.75, 3.05) is 31.5 Å². The molecule has 0 bridgehead atoms. The number of carbonyl (C=O) groups is 3. The van der Waals surface area contributed by atoms with Crippen LogP contribution in [0.5, 0.6) is 0 Å². The summed E-state index contributed by atoms with van der Waals surface area (Å²) in [6.07, 6.45) is -1.30. The van der Waals surface area contributed by atoms with Gasteiger partial charge in [0.15, 0.2) is 6.17 Å². The molecule has 10 heteroatoms. The van der Waals surface area contributed by atoms with Crippen molar-refractivity contribution in [2.45, 2.75) is 20.0 Å². The van der Waals surface area contributed by atoms with Gasteiger partial charge in [0.1, 0.15) is 11.6 Å². The molecule has 4 N–H and O–H groups in total. The van der Waals surface area contributed by atoms with Crippen molar-refractivity contribution in [3.05, 3.63) is 64.7 Å². The highest BCUT2D eigenvalue weighted by Gasteiger charge is 2.43. The Morgan fingerprint density at radius 2 is 1.56 bits per heavy atom. The van der Waals surface area contributed by atoms with Crippen LogP contribution in [0.15, 0.2) is 36.4 Å². The third-order valence-corrected chi connectivity index (χ3v) is 4.95. The second kappa shape index (κ2) is 9.73. The van der Waals surface area contributed by atoms with Gasteiger partial charge < -0.3 is 21.3 Å². The molecule has 0 aliphatic carbocycles. The zero-order valence-corrected chi connectivity index (χ0v) is 17.8. The average Bonchev–Trinajstić information content (AvgIpc) is 3.15. The molecular formula is C22H25F2N5O3. The number of halogens is 2. The van der Waals surface area contributed by atoms with Crippen molar-refractivity contribution in [2.24, 2.45) is 5.73 Å². The topological polar surface area (TPSA) is 108 Å². The molecule has 0 spiro atoms. The molecule has 1 unspecified atom stereocenters. The van der Waals surface area contributed by atoms with E-state index in [-0.39, 0.29) is 31.7 Å². The maximum atomic E-state index is 13.6. The number of hydrogen-bond acceptors (Lipinski definition) is 4. The Bertz CT molecular complexity index is 1010. The second-order valence-corrected chi connectivity index (χ2v) is 7.61. The molecule has 1 heterocycles. The lowest BCUT2D eigenvalue weighted by Gasteiger charge is -2.29. The van der Waals surface area contributed by atoms with E-state index in [1.54, 1.807) is 12.1 Å². The van der Waals surface area contributed by atoms with Crippen molar-refractivity contribution in [1.82, 2.24) is 15.1 Å². The number of anilines is 1. The van der Waals surface area contributed by atoms with Gasteiger partial charge in [0.25, 0.3) is 11.8 Å². The van der Waals surface area contributed by atoms with Crippen LogP contribution < -0.4 is 16.4 Å². The lowest BCUT2D eigenvalue weighted by atomic mass is 10.1. The summed E-state index contributed by atoms with van der Waals surface area (Å²) in [6.45, 7) is 4.15. The van der Waals surface area contributed by atoms with Gasteiger partial charge in [-0.25, -0.2) is 13.6 Å². The van der Waals surface area contributed by atoms with Crippen LogP contribution >= 0.6 is 0 Å². The highest BCUT2D eigenvalue weighted by atomic mass is 19.1. The molecule has 2 aromatic carbocycles. The summed E-state index contributed by atoms with van der Waals surface area (Å²) in [7, 11) is 0. The third kappa shape index (κ3) is 5.20. The Morgan fingerprint density at radius 1 is 0.969 bits per heavy atom. The van der Waals surface area contributed by atoms with Gasteiger partial charge in [-0.2, -0.15) is 0 Å². The van der Waals surface area contributed by atoms with Gasteiger partial charge in [-0.1, -0.05) is 6.07 Å². The third-order valence-electron chi connectivity index (χ3n) is 4.95. The van der Waals surface area contributed by atoms with Gasteiger partial charge in [0.05, 0.1) is 0 Å². The van der Waals surface area contributed by atoms with E-state index >= 15 is 0 Å². The minimum Gasteiger partial charge on any atom is -0.351 e. The van der Waals surface area contributed by atoms with Crippen LogP contribution in [0.1, 0.15) is 21.5 Å². The first kappa shape index (κ1) is 23.1. The number of benzene rings is 2. The Hall–Kier alpha value is -3.53. The monoisotopic (exact) mass is 445 g/mol. The zero-order valence-electron chi connectivity index (χ0n) is 17.8. The fraction of sp³-hybridized carbons (Fsp3) is 0.318. The van der Waals surface area contributed by atoms with Crippen LogP contribution in [0.4, 0.5) is 19.3 Å². The molecule has 1 fully saturated rings. The zero-order chi connectivity index (χ0) is 23.4. The van der Waals surface area contributed by atoms with Crippen molar-refractivity contribution in [1.29, 1.82) is 0 Å². The summed E-state index contributed by atoms with van der Waals surface area (Å²) in [6, 6.07) is 7.36. The van der Waals surface area contributed by atoms with Gasteiger partial charge in [0.2, 0.25) is 0 Å². The normalized spacial score (nSPS) is 15.6. The van der Waals surface area contributed by atoms with Crippen molar-refractivity contribution in [3.8, 4) is 0 Å². The standard InChI is InChI=1S/C22H25F2N5O3/c1-13-7-14(2)9-18(8-13)27-22(32)29-6-5-28(20(29)19(30)26-4-3-25)21(31)15-10-16(23)12-17(24)11-15/h7-12,20H,3-6,25H2,1-2H3,(H,26,30)(H,27,32). The van der Waals surface area contributed by atoms with Gasteiger partial charge in [-0.05, 0) is 49.2 Å². The lowest BCUT2D eigenvalue weighted by molar-refractivity contribution is -0.127. The van der Waals surface area contributed by atoms with Crippen molar-refractivity contribution >= 4 is 23.5 Å². The molecule has 1 atom stereocenters. The predicted octanol–water partition coefficient (Wildman–Crippen LogP) is 1.97. The molecular weight excluding hydrogens is 420 g/mol. The van der Waals surface area contributed by atoms with Crippen molar-refractivity contribution < 1.29 is 23.2 Å². The first-order chi connectivity index (χ1) is 15.2. The smallest absolute Gasteiger partial charge is 0.323 e. The number of nitrogens with two attached hydrogens (primary N) is 1. The van der Waals surface area contributed by atoms with E-state index in [0.29, 0.717) is 11.8 Å². The molecule has 0 aromatic heterocycles. The van der Waals surface area contributed by atoms with E-state index in [0.717, 1.165) is 28.2 Å². The molecule has 0 saturated carbocycles. The van der Waals surface area contributed by atoms with Crippen LogP contribution in [0, 0.1) is 25.5 Å². The number of aryl methyl sites for hydroxylation is 2. The number of carbonyl (C=O) groups excluding carboxylic acids is 3. The highest BCUT2D eigenvalue weighted by Crippen LogP contribution is 2.22. The minimum absolute atomic E-state index is 0.0118.